The molecule has 1 aliphatic rings. The quantitative estimate of drug-likeness (QED) is 0.170. The second-order valence-corrected chi connectivity index (χ2v) is 13.0. The number of ether oxygens (including phenoxy) is 1. The van der Waals surface area contributed by atoms with Gasteiger partial charge in [-0.2, -0.15) is 13.2 Å². The molecule has 48 heavy (non-hydrogen) atoms. The standard InChI is InChI=1S/C37H32F3N3O4S/c1-3-47-29-19-15-27(16-20-29)41-48(45,46)30-21-22-34-32(23-30)36(44)43(28-17-13-25(2)14-18-28)35(42(34)24-26-9-5-4-6-10-26)31-11-7-8-12-33(31)37(38,39)40/h4-23,35,41H,3,24H2,1-2H3/t35-/m0/s1. The Kier molecular flexibility index (Phi) is 8.89. The van der Waals surface area contributed by atoms with Crippen molar-refractivity contribution in [3.05, 3.63) is 149 Å². The van der Waals surface area contributed by atoms with Gasteiger partial charge in [0.05, 0.1) is 28.3 Å². The molecule has 0 saturated carbocycles. The molecule has 0 aromatic heterocycles. The highest BCUT2D eigenvalue weighted by Gasteiger charge is 2.44. The van der Waals surface area contributed by atoms with E-state index in [1.807, 2.05) is 44.2 Å². The highest BCUT2D eigenvalue weighted by atomic mass is 32.2. The minimum absolute atomic E-state index is 0.0295. The Hall–Kier alpha value is -5.29. The van der Waals surface area contributed by atoms with E-state index in [-0.39, 0.29) is 22.6 Å². The summed E-state index contributed by atoms with van der Waals surface area (Å²) in [6.45, 7) is 4.28. The molecule has 0 bridgehead atoms. The van der Waals surface area contributed by atoms with Crippen LogP contribution in [0.25, 0.3) is 0 Å². The summed E-state index contributed by atoms with van der Waals surface area (Å²) in [4.78, 5) is 17.4. The number of rotatable bonds is 9. The molecule has 5 aromatic carbocycles. The zero-order valence-electron chi connectivity index (χ0n) is 26.1. The Morgan fingerprint density at radius 1 is 0.833 bits per heavy atom. The van der Waals surface area contributed by atoms with E-state index in [1.165, 1.54) is 41.3 Å². The van der Waals surface area contributed by atoms with Gasteiger partial charge in [-0.15, -0.1) is 0 Å². The maximum Gasteiger partial charge on any atom is 0.416 e. The van der Waals surface area contributed by atoms with Crippen LogP contribution in [-0.4, -0.2) is 20.9 Å². The summed E-state index contributed by atoms with van der Waals surface area (Å²) in [6.07, 6.45) is -5.93. The van der Waals surface area contributed by atoms with E-state index in [9.17, 15) is 26.4 Å². The molecule has 5 aromatic rings. The van der Waals surface area contributed by atoms with Crippen LogP contribution in [0.4, 0.5) is 30.2 Å². The average molecular weight is 672 g/mol. The maximum atomic E-state index is 14.6. The lowest BCUT2D eigenvalue weighted by Gasteiger charge is -2.46. The summed E-state index contributed by atoms with van der Waals surface area (Å²) in [7, 11) is -4.18. The first-order valence-electron chi connectivity index (χ1n) is 15.2. The van der Waals surface area contributed by atoms with Crippen molar-refractivity contribution >= 4 is 33.0 Å². The van der Waals surface area contributed by atoms with Crippen molar-refractivity contribution in [3.8, 4) is 5.75 Å². The summed E-state index contributed by atoms with van der Waals surface area (Å²) < 4.78 is 78.8. The number of amides is 1. The number of carbonyl (C=O) groups is 1. The fourth-order valence-corrected chi connectivity index (χ4v) is 6.90. The van der Waals surface area contributed by atoms with Crippen molar-refractivity contribution in [3.63, 3.8) is 0 Å². The predicted molar refractivity (Wildman–Crippen MR) is 180 cm³/mol. The molecule has 0 aliphatic carbocycles. The van der Waals surface area contributed by atoms with Crippen molar-refractivity contribution in [1.29, 1.82) is 0 Å². The Labute approximate surface area is 277 Å². The fraction of sp³-hybridized carbons (Fsp3) is 0.162. The minimum Gasteiger partial charge on any atom is -0.494 e. The monoisotopic (exact) mass is 671 g/mol. The van der Waals surface area contributed by atoms with Crippen molar-refractivity contribution in [2.45, 2.75) is 37.6 Å². The molecule has 1 heterocycles. The smallest absolute Gasteiger partial charge is 0.416 e. The van der Waals surface area contributed by atoms with Gasteiger partial charge in [-0.25, -0.2) is 8.42 Å². The molecule has 0 radical (unpaired) electrons. The minimum atomic E-state index is -4.71. The lowest BCUT2D eigenvalue weighted by atomic mass is 9.95. The highest BCUT2D eigenvalue weighted by molar-refractivity contribution is 7.92. The van der Waals surface area contributed by atoms with Crippen molar-refractivity contribution in [1.82, 2.24) is 0 Å². The number of hydrogen-bond donors (Lipinski definition) is 1. The SMILES string of the molecule is CCOc1ccc(NS(=O)(=O)c2ccc3c(c2)C(=O)N(c2ccc(C)cc2)[C@@H](c2ccccc2C(F)(F)F)N3Cc2ccccc2)cc1. The lowest BCUT2D eigenvalue weighted by molar-refractivity contribution is -0.138. The predicted octanol–water partition coefficient (Wildman–Crippen LogP) is 8.58. The number of carbonyl (C=O) groups excluding carboxylic acids is 1. The Balaban J connectivity index is 1.52. The summed E-state index contributed by atoms with van der Waals surface area (Å²) >= 11 is 0. The van der Waals surface area contributed by atoms with Crippen LogP contribution in [0.2, 0.25) is 0 Å². The second-order valence-electron chi connectivity index (χ2n) is 11.3. The third kappa shape index (κ3) is 6.59. The lowest BCUT2D eigenvalue weighted by Crippen LogP contribution is -2.50. The van der Waals surface area contributed by atoms with Crippen LogP contribution in [0, 0.1) is 6.92 Å². The maximum absolute atomic E-state index is 14.6. The van der Waals surface area contributed by atoms with Gasteiger partial charge < -0.3 is 9.64 Å². The van der Waals surface area contributed by atoms with Crippen LogP contribution in [0.15, 0.2) is 126 Å². The van der Waals surface area contributed by atoms with Gasteiger partial charge in [-0.3, -0.25) is 14.4 Å². The zero-order chi connectivity index (χ0) is 34.1. The molecule has 246 valence electrons. The van der Waals surface area contributed by atoms with Gasteiger partial charge in [-0.05, 0) is 80.1 Å². The number of fused-ring (bicyclic) bond motifs is 1. The van der Waals surface area contributed by atoms with E-state index in [2.05, 4.69) is 4.72 Å². The summed E-state index contributed by atoms with van der Waals surface area (Å²) in [5, 5.41) is 0. The van der Waals surface area contributed by atoms with E-state index in [0.717, 1.165) is 17.2 Å². The molecule has 1 amide bonds. The Morgan fingerprint density at radius 3 is 2.17 bits per heavy atom. The van der Waals surface area contributed by atoms with Crippen molar-refractivity contribution in [2.24, 2.45) is 0 Å². The van der Waals surface area contributed by atoms with Crippen LogP contribution in [-0.2, 0) is 22.7 Å². The van der Waals surface area contributed by atoms with Crippen molar-refractivity contribution in [2.75, 3.05) is 21.1 Å². The summed E-state index contributed by atoms with van der Waals surface area (Å²) in [5.41, 5.74) is 1.66. The zero-order valence-corrected chi connectivity index (χ0v) is 26.9. The number of sulfonamides is 1. The van der Waals surface area contributed by atoms with Crippen LogP contribution >= 0.6 is 0 Å². The Morgan fingerprint density at radius 2 is 1.50 bits per heavy atom. The molecule has 0 spiro atoms. The van der Waals surface area contributed by atoms with Crippen LogP contribution in [0.3, 0.4) is 0 Å². The summed E-state index contributed by atoms with van der Waals surface area (Å²) in [6, 6.07) is 31.8. The molecule has 0 saturated heterocycles. The van der Waals surface area contributed by atoms with E-state index in [1.54, 1.807) is 53.4 Å². The van der Waals surface area contributed by atoms with Crippen LogP contribution in [0.5, 0.6) is 5.75 Å². The number of aryl methyl sites for hydroxylation is 1. The largest absolute Gasteiger partial charge is 0.494 e. The van der Waals surface area contributed by atoms with Gasteiger partial charge in [0.25, 0.3) is 15.9 Å². The third-order valence-electron chi connectivity index (χ3n) is 8.05. The molecule has 0 fully saturated rings. The molecular weight excluding hydrogens is 639 g/mol. The number of hydrogen-bond acceptors (Lipinski definition) is 5. The average Bonchev–Trinajstić information content (AvgIpc) is 3.07. The number of nitrogens with one attached hydrogen (secondary N) is 1. The van der Waals surface area contributed by atoms with Crippen LogP contribution in [0.1, 0.15) is 45.7 Å². The van der Waals surface area contributed by atoms with Crippen molar-refractivity contribution < 1.29 is 31.1 Å². The molecule has 11 heteroatoms. The first-order valence-corrected chi connectivity index (χ1v) is 16.7. The normalized spacial score (nSPS) is 14.9. The van der Waals surface area contributed by atoms with Crippen LogP contribution < -0.4 is 19.3 Å². The first-order chi connectivity index (χ1) is 23.0. The van der Waals surface area contributed by atoms with Gasteiger partial charge in [-0.1, -0.05) is 66.2 Å². The van der Waals surface area contributed by atoms with Gasteiger partial charge in [0.15, 0.2) is 0 Å². The molecular formula is C37H32F3N3O4S. The molecule has 1 N–H and O–H groups in total. The number of anilines is 3. The van der Waals surface area contributed by atoms with Gasteiger partial charge in [0.1, 0.15) is 11.9 Å². The Bertz CT molecular complexity index is 2040. The molecule has 7 nitrogen and oxygen atoms in total. The highest BCUT2D eigenvalue weighted by Crippen LogP contribution is 2.46. The fourth-order valence-electron chi connectivity index (χ4n) is 5.82. The van der Waals surface area contributed by atoms with E-state index >= 15 is 0 Å². The topological polar surface area (TPSA) is 78.9 Å². The third-order valence-corrected chi connectivity index (χ3v) is 9.43. The first kappa shape index (κ1) is 32.6. The molecule has 1 atom stereocenters. The molecule has 1 aliphatic heterocycles. The molecule has 0 unspecified atom stereocenters. The number of alkyl halides is 3. The van der Waals surface area contributed by atoms with Gasteiger partial charge in [0.2, 0.25) is 0 Å². The van der Waals surface area contributed by atoms with E-state index < -0.39 is 33.8 Å². The molecule has 6 rings (SSSR count). The van der Waals surface area contributed by atoms with E-state index in [0.29, 0.717) is 29.4 Å². The second kappa shape index (κ2) is 13.1. The van der Waals surface area contributed by atoms with E-state index in [4.69, 9.17) is 4.74 Å². The van der Waals surface area contributed by atoms with Gasteiger partial charge >= 0.3 is 6.18 Å². The van der Waals surface area contributed by atoms with Gasteiger partial charge in [0, 0.05) is 23.5 Å². The number of benzene rings is 5. The summed E-state index contributed by atoms with van der Waals surface area (Å²) in [5.74, 6) is -0.0607. The number of halogens is 3. The number of nitrogens with zero attached hydrogens (tertiary/aromatic N) is 2.